The predicted molar refractivity (Wildman–Crippen MR) is 74.5 cm³/mol. The number of amides is 3. The van der Waals surface area contributed by atoms with Gasteiger partial charge in [-0.2, -0.15) is 5.26 Å². The summed E-state index contributed by atoms with van der Waals surface area (Å²) in [5.74, 6) is -1.38. The average Bonchev–Trinajstić information content (AvgIpc) is 2.49. The smallest absolute Gasteiger partial charge is 0.249 e. The average molecular weight is 283 g/mol. The van der Waals surface area contributed by atoms with Gasteiger partial charge in [0.2, 0.25) is 17.7 Å². The lowest BCUT2D eigenvalue weighted by atomic mass is 10.1. The minimum Gasteiger partial charge on any atom is -0.318 e. The number of imide groups is 1. The molecule has 1 aliphatic heterocycles. The van der Waals surface area contributed by atoms with Crippen LogP contribution in [0.1, 0.15) is 18.1 Å². The Hall–Kier alpha value is -2.94. The van der Waals surface area contributed by atoms with E-state index in [2.05, 4.69) is 5.32 Å². The van der Waals surface area contributed by atoms with Gasteiger partial charge in [-0.15, -0.1) is 0 Å². The lowest BCUT2D eigenvalue weighted by Crippen LogP contribution is -2.58. The number of piperazine rings is 1. The maximum Gasteiger partial charge on any atom is 0.249 e. The molecule has 6 nitrogen and oxygen atoms in total. The van der Waals surface area contributed by atoms with Gasteiger partial charge in [-0.05, 0) is 30.7 Å². The van der Waals surface area contributed by atoms with Crippen molar-refractivity contribution in [3.63, 3.8) is 0 Å². The molecule has 1 atom stereocenters. The molecule has 1 saturated heterocycles. The molecule has 1 aromatic rings. The van der Waals surface area contributed by atoms with Gasteiger partial charge in [-0.25, -0.2) is 0 Å². The van der Waals surface area contributed by atoms with Gasteiger partial charge in [0.15, 0.2) is 0 Å². The van der Waals surface area contributed by atoms with Gasteiger partial charge < -0.3 is 4.90 Å². The van der Waals surface area contributed by atoms with Gasteiger partial charge in [0.1, 0.15) is 12.6 Å². The molecule has 1 N–H and O–H groups in total. The topological polar surface area (TPSA) is 90.3 Å². The van der Waals surface area contributed by atoms with Crippen LogP contribution in [0.3, 0.4) is 0 Å². The van der Waals surface area contributed by atoms with E-state index in [9.17, 15) is 14.4 Å². The summed E-state index contributed by atoms with van der Waals surface area (Å²) < 4.78 is 0. The van der Waals surface area contributed by atoms with Gasteiger partial charge in [0.05, 0.1) is 11.6 Å². The minimum atomic E-state index is -0.680. The zero-order valence-corrected chi connectivity index (χ0v) is 11.4. The van der Waals surface area contributed by atoms with E-state index in [1.807, 2.05) is 6.07 Å². The molecule has 0 radical (unpaired) electrons. The standard InChI is InChI=1S/C15H13N3O3/c1-10-15(21)17-13(19)9-18(10)14(20)7-6-11-2-4-12(8-16)5-3-11/h2-7,10H,9H2,1H3,(H,17,19,21). The third-order valence-electron chi connectivity index (χ3n) is 3.16. The van der Waals surface area contributed by atoms with Crippen molar-refractivity contribution in [1.82, 2.24) is 10.2 Å². The molecule has 0 bridgehead atoms. The first-order valence-corrected chi connectivity index (χ1v) is 6.34. The molecule has 0 aromatic heterocycles. The fraction of sp³-hybridized carbons (Fsp3) is 0.200. The van der Waals surface area contributed by atoms with Crippen LogP contribution in [-0.4, -0.2) is 35.2 Å². The largest absolute Gasteiger partial charge is 0.318 e. The summed E-state index contributed by atoms with van der Waals surface area (Å²) in [4.78, 5) is 36.0. The van der Waals surface area contributed by atoms with Crippen LogP contribution in [0, 0.1) is 11.3 Å². The van der Waals surface area contributed by atoms with Crippen LogP contribution in [0.5, 0.6) is 0 Å². The molecule has 0 saturated carbocycles. The Kier molecular flexibility index (Phi) is 4.14. The molecular formula is C15H13N3O3. The summed E-state index contributed by atoms with van der Waals surface area (Å²) in [6.45, 7) is 1.43. The maximum absolute atomic E-state index is 12.1. The number of rotatable bonds is 2. The Morgan fingerprint density at radius 1 is 1.38 bits per heavy atom. The highest BCUT2D eigenvalue weighted by atomic mass is 16.2. The summed E-state index contributed by atoms with van der Waals surface area (Å²) in [6.07, 6.45) is 2.89. The zero-order valence-electron chi connectivity index (χ0n) is 11.4. The van der Waals surface area contributed by atoms with E-state index >= 15 is 0 Å². The highest BCUT2D eigenvalue weighted by Gasteiger charge is 2.32. The van der Waals surface area contributed by atoms with Crippen LogP contribution in [0.2, 0.25) is 0 Å². The highest BCUT2D eigenvalue weighted by Crippen LogP contribution is 2.09. The summed E-state index contributed by atoms with van der Waals surface area (Å²) in [5, 5.41) is 10.9. The van der Waals surface area contributed by atoms with Gasteiger partial charge in [-0.1, -0.05) is 12.1 Å². The van der Waals surface area contributed by atoms with Crippen LogP contribution >= 0.6 is 0 Å². The van der Waals surface area contributed by atoms with E-state index in [0.29, 0.717) is 5.56 Å². The number of hydrogen-bond acceptors (Lipinski definition) is 4. The van der Waals surface area contributed by atoms with E-state index in [1.165, 1.54) is 11.0 Å². The summed E-state index contributed by atoms with van der Waals surface area (Å²) in [7, 11) is 0. The van der Waals surface area contributed by atoms with Crippen LogP contribution in [0.15, 0.2) is 30.3 Å². The number of carbonyl (C=O) groups excluding carboxylic acids is 3. The summed E-state index contributed by atoms with van der Waals surface area (Å²) in [6, 6.07) is 8.03. The Balaban J connectivity index is 2.09. The number of nitriles is 1. The minimum absolute atomic E-state index is 0.135. The molecule has 2 rings (SSSR count). The summed E-state index contributed by atoms with van der Waals surface area (Å²) >= 11 is 0. The molecule has 1 fully saturated rings. The van der Waals surface area contributed by atoms with Crippen molar-refractivity contribution in [1.29, 1.82) is 5.26 Å². The first kappa shape index (κ1) is 14.5. The molecule has 1 aliphatic rings. The van der Waals surface area contributed by atoms with E-state index in [0.717, 1.165) is 5.56 Å². The van der Waals surface area contributed by atoms with Crippen molar-refractivity contribution in [2.75, 3.05) is 6.54 Å². The number of benzene rings is 1. The van der Waals surface area contributed by atoms with Crippen molar-refractivity contribution in [2.45, 2.75) is 13.0 Å². The molecule has 3 amide bonds. The Labute approximate surface area is 121 Å². The van der Waals surface area contributed by atoms with Gasteiger partial charge in [0, 0.05) is 6.08 Å². The fourth-order valence-corrected chi connectivity index (χ4v) is 1.92. The number of carbonyl (C=O) groups is 3. The molecule has 21 heavy (non-hydrogen) atoms. The third-order valence-corrected chi connectivity index (χ3v) is 3.16. The van der Waals surface area contributed by atoms with Crippen LogP contribution in [-0.2, 0) is 14.4 Å². The molecular weight excluding hydrogens is 270 g/mol. The zero-order chi connectivity index (χ0) is 15.4. The second-order valence-corrected chi connectivity index (χ2v) is 4.62. The van der Waals surface area contributed by atoms with Crippen LogP contribution in [0.4, 0.5) is 0 Å². The molecule has 6 heteroatoms. The number of hydrogen-bond donors (Lipinski definition) is 1. The van der Waals surface area contributed by atoms with Crippen LogP contribution in [0.25, 0.3) is 6.08 Å². The van der Waals surface area contributed by atoms with Crippen molar-refractivity contribution >= 4 is 23.8 Å². The maximum atomic E-state index is 12.1. The molecule has 0 spiro atoms. The van der Waals surface area contributed by atoms with E-state index in [1.54, 1.807) is 37.3 Å². The third kappa shape index (κ3) is 3.34. The predicted octanol–water partition coefficient (Wildman–Crippen LogP) is 0.445. The second kappa shape index (κ2) is 6.01. The van der Waals surface area contributed by atoms with Gasteiger partial charge in [0.25, 0.3) is 0 Å². The van der Waals surface area contributed by atoms with E-state index in [-0.39, 0.29) is 6.54 Å². The van der Waals surface area contributed by atoms with Gasteiger partial charge >= 0.3 is 0 Å². The van der Waals surface area contributed by atoms with Crippen molar-refractivity contribution in [3.8, 4) is 6.07 Å². The normalized spacial score (nSPS) is 18.5. The second-order valence-electron chi connectivity index (χ2n) is 4.62. The number of nitrogens with zero attached hydrogens (tertiary/aromatic N) is 2. The van der Waals surface area contributed by atoms with Crippen LogP contribution < -0.4 is 5.32 Å². The highest BCUT2D eigenvalue weighted by molar-refractivity contribution is 6.06. The van der Waals surface area contributed by atoms with Crippen molar-refractivity contribution < 1.29 is 14.4 Å². The van der Waals surface area contributed by atoms with Crippen molar-refractivity contribution in [3.05, 3.63) is 41.5 Å². The first-order valence-electron chi connectivity index (χ1n) is 6.34. The molecule has 1 aromatic carbocycles. The first-order chi connectivity index (χ1) is 10.0. The Morgan fingerprint density at radius 3 is 2.67 bits per heavy atom. The fourth-order valence-electron chi connectivity index (χ4n) is 1.92. The quantitative estimate of drug-likeness (QED) is 0.630. The van der Waals surface area contributed by atoms with E-state index in [4.69, 9.17) is 5.26 Å². The molecule has 1 heterocycles. The van der Waals surface area contributed by atoms with Crippen molar-refractivity contribution in [2.24, 2.45) is 0 Å². The molecule has 0 aliphatic carbocycles. The lowest BCUT2D eigenvalue weighted by molar-refractivity contribution is -0.147. The Morgan fingerprint density at radius 2 is 2.05 bits per heavy atom. The molecule has 1 unspecified atom stereocenters. The lowest BCUT2D eigenvalue weighted by Gasteiger charge is -2.30. The summed E-state index contributed by atoms with van der Waals surface area (Å²) in [5.41, 5.74) is 1.29. The monoisotopic (exact) mass is 283 g/mol. The van der Waals surface area contributed by atoms with Gasteiger partial charge in [-0.3, -0.25) is 19.7 Å². The SMILES string of the molecule is CC1C(=O)NC(=O)CN1C(=O)C=Cc1ccc(C#N)cc1. The molecule has 106 valence electrons. The number of nitrogens with one attached hydrogen (secondary N) is 1. The van der Waals surface area contributed by atoms with E-state index < -0.39 is 23.8 Å². The Bertz CT molecular complexity index is 656.